The fourth-order valence-corrected chi connectivity index (χ4v) is 3.80. The Morgan fingerprint density at radius 3 is 2.50 bits per heavy atom. The third-order valence-electron chi connectivity index (χ3n) is 5.39. The highest BCUT2D eigenvalue weighted by Gasteiger charge is 2.46. The first kappa shape index (κ1) is 15.5. The molecule has 2 fully saturated rings. The predicted molar refractivity (Wildman–Crippen MR) is 84.6 cm³/mol. The van der Waals surface area contributed by atoms with E-state index in [9.17, 15) is 9.18 Å². The van der Waals surface area contributed by atoms with E-state index in [0.29, 0.717) is 13.0 Å². The van der Waals surface area contributed by atoms with Gasteiger partial charge in [0.1, 0.15) is 5.82 Å². The molecule has 1 aromatic rings. The molecule has 1 aromatic carbocycles. The number of carbonyl (C=O) groups is 1. The Balaban J connectivity index is 1.66. The van der Waals surface area contributed by atoms with Crippen molar-refractivity contribution in [2.45, 2.75) is 56.9 Å². The van der Waals surface area contributed by atoms with Crippen molar-refractivity contribution < 1.29 is 9.18 Å². The summed E-state index contributed by atoms with van der Waals surface area (Å²) in [5.74, 6) is -0.183. The van der Waals surface area contributed by atoms with Crippen LogP contribution in [0.4, 0.5) is 4.39 Å². The maximum Gasteiger partial charge on any atom is 0.221 e. The molecule has 0 aromatic heterocycles. The SMILES string of the molecule is NCC1(CC(=O)NC2(c3cccc(F)c3)CC2)CCCCC1. The monoisotopic (exact) mass is 304 g/mol. The number of hydrogen-bond acceptors (Lipinski definition) is 2. The highest BCUT2D eigenvalue weighted by molar-refractivity contribution is 5.78. The zero-order valence-corrected chi connectivity index (χ0v) is 13.0. The first-order valence-electron chi connectivity index (χ1n) is 8.35. The van der Waals surface area contributed by atoms with E-state index in [1.54, 1.807) is 6.07 Å². The van der Waals surface area contributed by atoms with Crippen LogP contribution in [-0.2, 0) is 10.3 Å². The minimum atomic E-state index is -0.344. The van der Waals surface area contributed by atoms with Gasteiger partial charge in [0.25, 0.3) is 0 Å². The highest BCUT2D eigenvalue weighted by atomic mass is 19.1. The first-order valence-corrected chi connectivity index (χ1v) is 8.35. The largest absolute Gasteiger partial charge is 0.347 e. The maximum atomic E-state index is 13.4. The highest BCUT2D eigenvalue weighted by Crippen LogP contribution is 2.46. The molecule has 2 saturated carbocycles. The Kier molecular flexibility index (Phi) is 4.22. The lowest BCUT2D eigenvalue weighted by Gasteiger charge is -2.36. The molecule has 1 amide bonds. The van der Waals surface area contributed by atoms with E-state index in [2.05, 4.69) is 5.32 Å². The number of carbonyl (C=O) groups excluding carboxylic acids is 1. The van der Waals surface area contributed by atoms with E-state index in [-0.39, 0.29) is 22.7 Å². The lowest BCUT2D eigenvalue weighted by Crippen LogP contribution is -2.42. The molecule has 3 rings (SSSR count). The van der Waals surface area contributed by atoms with Crippen LogP contribution in [0.5, 0.6) is 0 Å². The van der Waals surface area contributed by atoms with Crippen LogP contribution >= 0.6 is 0 Å². The van der Waals surface area contributed by atoms with Crippen molar-refractivity contribution in [3.05, 3.63) is 35.6 Å². The van der Waals surface area contributed by atoms with Crippen molar-refractivity contribution in [2.75, 3.05) is 6.54 Å². The number of rotatable bonds is 5. The Bertz CT molecular complexity index is 548. The van der Waals surface area contributed by atoms with E-state index in [0.717, 1.165) is 31.2 Å². The molecule has 4 heteroatoms. The average Bonchev–Trinajstić information content (AvgIpc) is 3.29. The number of benzene rings is 1. The number of halogens is 1. The lowest BCUT2D eigenvalue weighted by atomic mass is 9.71. The summed E-state index contributed by atoms with van der Waals surface area (Å²) in [5, 5.41) is 3.16. The lowest BCUT2D eigenvalue weighted by molar-refractivity contribution is -0.125. The van der Waals surface area contributed by atoms with Gasteiger partial charge in [0, 0.05) is 6.42 Å². The molecule has 0 atom stereocenters. The smallest absolute Gasteiger partial charge is 0.221 e. The zero-order valence-electron chi connectivity index (χ0n) is 13.0. The fourth-order valence-electron chi connectivity index (χ4n) is 3.80. The number of hydrogen-bond donors (Lipinski definition) is 2. The van der Waals surface area contributed by atoms with Crippen LogP contribution < -0.4 is 11.1 Å². The second-order valence-corrected chi connectivity index (χ2v) is 7.08. The van der Waals surface area contributed by atoms with Gasteiger partial charge >= 0.3 is 0 Å². The third-order valence-corrected chi connectivity index (χ3v) is 5.39. The van der Waals surface area contributed by atoms with Crippen molar-refractivity contribution in [1.82, 2.24) is 5.32 Å². The summed E-state index contributed by atoms with van der Waals surface area (Å²) in [4.78, 5) is 12.5. The number of nitrogens with one attached hydrogen (secondary N) is 1. The molecule has 120 valence electrons. The summed E-state index contributed by atoms with van der Waals surface area (Å²) in [5.41, 5.74) is 6.48. The average molecular weight is 304 g/mol. The second kappa shape index (κ2) is 5.99. The predicted octanol–water partition coefficient (Wildman–Crippen LogP) is 3.23. The molecule has 22 heavy (non-hydrogen) atoms. The van der Waals surface area contributed by atoms with Gasteiger partial charge in [0.15, 0.2) is 0 Å². The standard InChI is InChI=1S/C18H25FN2O/c19-15-6-4-5-14(11-15)18(9-10-18)21-16(22)12-17(13-20)7-2-1-3-8-17/h4-6,11H,1-3,7-10,12-13,20H2,(H,21,22). The molecule has 0 unspecified atom stereocenters. The summed E-state index contributed by atoms with van der Waals surface area (Å²) in [7, 11) is 0. The molecule has 3 nitrogen and oxygen atoms in total. The van der Waals surface area contributed by atoms with E-state index in [1.807, 2.05) is 6.07 Å². The summed E-state index contributed by atoms with van der Waals surface area (Å²) < 4.78 is 13.4. The van der Waals surface area contributed by atoms with Gasteiger partial charge in [-0.15, -0.1) is 0 Å². The minimum Gasteiger partial charge on any atom is -0.347 e. The topological polar surface area (TPSA) is 55.1 Å². The van der Waals surface area contributed by atoms with Gasteiger partial charge in [-0.05, 0) is 55.3 Å². The molecule has 0 heterocycles. The summed E-state index contributed by atoms with van der Waals surface area (Å²) in [6.45, 7) is 0.577. The number of amides is 1. The Morgan fingerprint density at radius 1 is 1.18 bits per heavy atom. The molecule has 0 aliphatic heterocycles. The Labute approximate surface area is 131 Å². The van der Waals surface area contributed by atoms with Crippen molar-refractivity contribution in [3.63, 3.8) is 0 Å². The molecular weight excluding hydrogens is 279 g/mol. The minimum absolute atomic E-state index is 0.0274. The van der Waals surface area contributed by atoms with Crippen molar-refractivity contribution >= 4 is 5.91 Å². The van der Waals surface area contributed by atoms with Crippen LogP contribution in [-0.4, -0.2) is 12.5 Å². The van der Waals surface area contributed by atoms with Gasteiger partial charge in [-0.2, -0.15) is 0 Å². The Hall–Kier alpha value is -1.42. The molecule has 0 radical (unpaired) electrons. The summed E-state index contributed by atoms with van der Waals surface area (Å²) >= 11 is 0. The van der Waals surface area contributed by atoms with Gasteiger partial charge in [-0.25, -0.2) is 4.39 Å². The molecule has 0 saturated heterocycles. The van der Waals surface area contributed by atoms with Crippen LogP contribution in [0.3, 0.4) is 0 Å². The van der Waals surface area contributed by atoms with Crippen LogP contribution in [0.25, 0.3) is 0 Å². The quantitative estimate of drug-likeness (QED) is 0.877. The van der Waals surface area contributed by atoms with Gasteiger partial charge in [0.05, 0.1) is 5.54 Å². The molecular formula is C18H25FN2O. The zero-order chi connectivity index (χ0) is 15.6. The van der Waals surface area contributed by atoms with Crippen LogP contribution in [0.15, 0.2) is 24.3 Å². The molecule has 2 aliphatic rings. The maximum absolute atomic E-state index is 13.4. The van der Waals surface area contributed by atoms with Crippen LogP contribution in [0, 0.1) is 11.2 Å². The van der Waals surface area contributed by atoms with E-state index in [1.165, 1.54) is 31.4 Å². The fraction of sp³-hybridized carbons (Fsp3) is 0.611. The molecule has 2 aliphatic carbocycles. The Morgan fingerprint density at radius 2 is 1.91 bits per heavy atom. The van der Waals surface area contributed by atoms with Crippen molar-refractivity contribution in [2.24, 2.45) is 11.1 Å². The summed E-state index contributed by atoms with van der Waals surface area (Å²) in [6, 6.07) is 6.58. The van der Waals surface area contributed by atoms with E-state index >= 15 is 0 Å². The first-order chi connectivity index (χ1) is 10.6. The van der Waals surface area contributed by atoms with Crippen LogP contribution in [0.2, 0.25) is 0 Å². The van der Waals surface area contributed by atoms with Gasteiger partial charge in [-0.1, -0.05) is 31.4 Å². The van der Waals surface area contributed by atoms with Crippen molar-refractivity contribution in [1.29, 1.82) is 0 Å². The van der Waals surface area contributed by atoms with Gasteiger partial charge in [0.2, 0.25) is 5.91 Å². The molecule has 3 N–H and O–H groups in total. The molecule has 0 bridgehead atoms. The van der Waals surface area contributed by atoms with Crippen LogP contribution in [0.1, 0.15) is 56.9 Å². The van der Waals surface area contributed by atoms with E-state index < -0.39 is 0 Å². The second-order valence-electron chi connectivity index (χ2n) is 7.08. The number of nitrogens with two attached hydrogens (primary N) is 1. The third kappa shape index (κ3) is 3.17. The molecule has 0 spiro atoms. The van der Waals surface area contributed by atoms with E-state index in [4.69, 9.17) is 5.73 Å². The van der Waals surface area contributed by atoms with Gasteiger partial charge in [-0.3, -0.25) is 4.79 Å². The summed E-state index contributed by atoms with van der Waals surface area (Å²) in [6.07, 6.45) is 7.94. The van der Waals surface area contributed by atoms with Gasteiger partial charge < -0.3 is 11.1 Å². The van der Waals surface area contributed by atoms with Crippen molar-refractivity contribution in [3.8, 4) is 0 Å². The normalized spacial score (nSPS) is 22.1.